The van der Waals surface area contributed by atoms with Crippen LogP contribution < -0.4 is 0 Å². The molecule has 0 aromatic rings. The number of fused-ring (bicyclic) bond motifs is 1. The van der Waals surface area contributed by atoms with Gasteiger partial charge in [-0.05, 0) is 93.5 Å². The number of rotatable bonds is 6. The molecule has 0 aromatic carbocycles. The molecule has 2 heteroatoms. The van der Waals surface area contributed by atoms with Crippen molar-refractivity contribution in [2.45, 2.75) is 110 Å². The van der Waals surface area contributed by atoms with Crippen molar-refractivity contribution in [2.24, 2.45) is 23.2 Å². The van der Waals surface area contributed by atoms with Crippen molar-refractivity contribution >= 4 is 0 Å². The summed E-state index contributed by atoms with van der Waals surface area (Å²) in [6, 6.07) is 0. The van der Waals surface area contributed by atoms with Gasteiger partial charge >= 0.3 is 0 Å². The van der Waals surface area contributed by atoms with E-state index in [2.05, 4.69) is 46.4 Å². The third kappa shape index (κ3) is 5.07. The lowest BCUT2D eigenvalue weighted by atomic mass is 9.59. The Hall–Kier alpha value is -0.860. The molecule has 0 aromatic heterocycles. The van der Waals surface area contributed by atoms with Gasteiger partial charge in [0.05, 0.1) is 11.7 Å². The SMILES string of the molecule is C=C1CC[C@@H](O)C/C1=C/C=C1\CCC[C@@]2(C)[C@H]1CC[C@@H]2[C@@](C)(O)CCCC(C)C. The van der Waals surface area contributed by atoms with Gasteiger partial charge in [-0.2, -0.15) is 0 Å². The first-order valence-corrected chi connectivity index (χ1v) is 12.1. The highest BCUT2D eigenvalue weighted by Gasteiger charge is 2.54. The van der Waals surface area contributed by atoms with E-state index in [0.29, 0.717) is 17.8 Å². The Kier molecular flexibility index (Phi) is 7.16. The van der Waals surface area contributed by atoms with Crippen molar-refractivity contribution in [1.82, 2.24) is 0 Å². The Bertz CT molecular complexity index is 653. The van der Waals surface area contributed by atoms with Crippen LogP contribution in [0.25, 0.3) is 0 Å². The molecular weight excluding hydrogens is 356 g/mol. The second kappa shape index (κ2) is 9.10. The normalized spacial score (nSPS) is 37.9. The monoisotopic (exact) mass is 400 g/mol. The van der Waals surface area contributed by atoms with Gasteiger partial charge in [-0.15, -0.1) is 0 Å². The fraction of sp³-hybridized carbons (Fsp3) is 0.778. The van der Waals surface area contributed by atoms with Crippen molar-refractivity contribution in [3.05, 3.63) is 35.5 Å². The van der Waals surface area contributed by atoms with E-state index in [1.54, 1.807) is 5.57 Å². The number of allylic oxidation sites excluding steroid dienone is 4. The largest absolute Gasteiger partial charge is 0.393 e. The molecule has 0 bridgehead atoms. The van der Waals surface area contributed by atoms with Gasteiger partial charge < -0.3 is 10.2 Å². The summed E-state index contributed by atoms with van der Waals surface area (Å²) in [4.78, 5) is 0. The number of aliphatic hydroxyl groups is 2. The highest BCUT2D eigenvalue weighted by atomic mass is 16.3. The molecule has 0 heterocycles. The lowest BCUT2D eigenvalue weighted by Gasteiger charge is -2.47. The van der Waals surface area contributed by atoms with Crippen molar-refractivity contribution < 1.29 is 10.2 Å². The lowest BCUT2D eigenvalue weighted by Crippen LogP contribution is -2.45. The molecule has 3 rings (SSSR count). The maximum absolute atomic E-state index is 11.4. The quantitative estimate of drug-likeness (QED) is 0.518. The van der Waals surface area contributed by atoms with Crippen molar-refractivity contribution in [3.8, 4) is 0 Å². The Labute approximate surface area is 179 Å². The van der Waals surface area contributed by atoms with Gasteiger partial charge in [-0.1, -0.05) is 63.5 Å². The van der Waals surface area contributed by atoms with Gasteiger partial charge in [-0.3, -0.25) is 0 Å². The zero-order valence-corrected chi connectivity index (χ0v) is 19.3. The summed E-state index contributed by atoms with van der Waals surface area (Å²) in [5, 5.41) is 21.5. The van der Waals surface area contributed by atoms with E-state index in [0.717, 1.165) is 38.5 Å². The third-order valence-electron chi connectivity index (χ3n) is 8.37. The molecule has 2 N–H and O–H groups in total. The van der Waals surface area contributed by atoms with Crippen molar-refractivity contribution in [1.29, 1.82) is 0 Å². The summed E-state index contributed by atoms with van der Waals surface area (Å²) >= 11 is 0. The van der Waals surface area contributed by atoms with Crippen LogP contribution >= 0.6 is 0 Å². The fourth-order valence-electron chi connectivity index (χ4n) is 6.70. The summed E-state index contributed by atoms with van der Waals surface area (Å²) in [5.41, 5.74) is 3.66. The Balaban J connectivity index is 1.75. The summed E-state index contributed by atoms with van der Waals surface area (Å²) in [6.45, 7) is 13.3. The molecule has 3 fully saturated rings. The Morgan fingerprint density at radius 1 is 1.21 bits per heavy atom. The number of aliphatic hydroxyl groups excluding tert-OH is 1. The first kappa shape index (κ1) is 22.8. The van der Waals surface area contributed by atoms with Crippen LogP contribution in [0.3, 0.4) is 0 Å². The molecule has 0 spiro atoms. The minimum Gasteiger partial charge on any atom is -0.393 e. The van der Waals surface area contributed by atoms with E-state index >= 15 is 0 Å². The first-order chi connectivity index (χ1) is 13.6. The van der Waals surface area contributed by atoms with E-state index in [9.17, 15) is 10.2 Å². The smallest absolute Gasteiger partial charge is 0.0653 e. The van der Waals surface area contributed by atoms with Gasteiger partial charge in [0.25, 0.3) is 0 Å². The molecule has 5 atom stereocenters. The Morgan fingerprint density at radius 3 is 2.69 bits per heavy atom. The maximum atomic E-state index is 11.4. The Morgan fingerprint density at radius 2 is 1.97 bits per heavy atom. The fourth-order valence-corrected chi connectivity index (χ4v) is 6.70. The predicted octanol–water partition coefficient (Wildman–Crippen LogP) is 6.73. The van der Waals surface area contributed by atoms with E-state index in [4.69, 9.17) is 0 Å². The van der Waals surface area contributed by atoms with E-state index in [1.165, 1.54) is 43.3 Å². The van der Waals surface area contributed by atoms with Gasteiger partial charge in [0, 0.05) is 0 Å². The van der Waals surface area contributed by atoms with Gasteiger partial charge in [-0.25, -0.2) is 0 Å². The zero-order valence-electron chi connectivity index (χ0n) is 19.3. The summed E-state index contributed by atoms with van der Waals surface area (Å²) < 4.78 is 0. The summed E-state index contributed by atoms with van der Waals surface area (Å²) in [5.74, 6) is 1.70. The van der Waals surface area contributed by atoms with Crippen LogP contribution in [-0.4, -0.2) is 21.9 Å². The third-order valence-corrected chi connectivity index (χ3v) is 8.37. The van der Waals surface area contributed by atoms with Crippen molar-refractivity contribution in [3.63, 3.8) is 0 Å². The van der Waals surface area contributed by atoms with Crippen LogP contribution in [0.5, 0.6) is 0 Å². The first-order valence-electron chi connectivity index (χ1n) is 12.1. The second-order valence-electron chi connectivity index (χ2n) is 11.1. The molecule has 0 aliphatic heterocycles. The highest BCUT2D eigenvalue weighted by Crippen LogP contribution is 2.60. The molecule has 0 unspecified atom stereocenters. The second-order valence-corrected chi connectivity index (χ2v) is 11.1. The minimum absolute atomic E-state index is 0.210. The zero-order chi connectivity index (χ0) is 21.2. The van der Waals surface area contributed by atoms with Crippen LogP contribution in [0, 0.1) is 23.2 Å². The molecule has 0 radical (unpaired) electrons. The van der Waals surface area contributed by atoms with Gasteiger partial charge in [0.1, 0.15) is 0 Å². The van der Waals surface area contributed by atoms with Crippen LogP contribution in [0.1, 0.15) is 98.3 Å². The molecule has 29 heavy (non-hydrogen) atoms. The maximum Gasteiger partial charge on any atom is 0.0653 e. The molecule has 0 amide bonds. The van der Waals surface area contributed by atoms with E-state index in [1.807, 2.05) is 0 Å². The molecular formula is C27H44O2. The predicted molar refractivity (Wildman–Crippen MR) is 123 cm³/mol. The molecule has 3 saturated carbocycles. The van der Waals surface area contributed by atoms with Gasteiger partial charge in [0.2, 0.25) is 0 Å². The van der Waals surface area contributed by atoms with Crippen LogP contribution in [-0.2, 0) is 0 Å². The average Bonchev–Trinajstić information content (AvgIpc) is 3.00. The lowest BCUT2D eigenvalue weighted by molar-refractivity contribution is -0.0657. The van der Waals surface area contributed by atoms with Crippen molar-refractivity contribution in [2.75, 3.05) is 0 Å². The molecule has 164 valence electrons. The average molecular weight is 401 g/mol. The van der Waals surface area contributed by atoms with Gasteiger partial charge in [0.15, 0.2) is 0 Å². The molecule has 0 saturated heterocycles. The molecule has 2 nitrogen and oxygen atoms in total. The molecule has 3 aliphatic rings. The summed E-state index contributed by atoms with van der Waals surface area (Å²) in [6.07, 6.45) is 16.2. The topological polar surface area (TPSA) is 40.5 Å². The minimum atomic E-state index is -0.554. The van der Waals surface area contributed by atoms with Crippen LogP contribution in [0.4, 0.5) is 0 Å². The number of hydrogen-bond donors (Lipinski definition) is 2. The number of hydrogen-bond acceptors (Lipinski definition) is 2. The highest BCUT2D eigenvalue weighted by molar-refractivity contribution is 5.36. The standard InChI is InChI=1S/C27H44O2/c1-19(2)8-6-17-27(5,29)25-15-14-24-21(9-7-16-26(24,25)4)11-12-22-18-23(28)13-10-20(22)3/h11-12,19,23-25,28-29H,3,6-10,13-18H2,1-2,4-5H3/b21-11+,22-12-/t23-,24+,25+,26+,27+/m1/s1. The summed E-state index contributed by atoms with van der Waals surface area (Å²) in [7, 11) is 0. The van der Waals surface area contributed by atoms with E-state index < -0.39 is 5.60 Å². The molecule has 3 aliphatic carbocycles. The van der Waals surface area contributed by atoms with E-state index in [-0.39, 0.29) is 11.5 Å². The van der Waals surface area contributed by atoms with Crippen LogP contribution in [0.2, 0.25) is 0 Å². The van der Waals surface area contributed by atoms with Crippen LogP contribution in [0.15, 0.2) is 35.5 Å².